The molecule has 3 heterocycles. The zero-order valence-electron chi connectivity index (χ0n) is 13.4. The van der Waals surface area contributed by atoms with E-state index in [1.807, 2.05) is 42.2 Å². The van der Waals surface area contributed by atoms with Crippen LogP contribution in [-0.2, 0) is 0 Å². The highest BCUT2D eigenvalue weighted by Crippen LogP contribution is 2.22. The number of aliphatic hydroxyl groups excluding tert-OH is 1. The van der Waals surface area contributed by atoms with Gasteiger partial charge in [-0.3, -0.25) is 9.78 Å². The van der Waals surface area contributed by atoms with E-state index in [9.17, 15) is 9.90 Å². The van der Waals surface area contributed by atoms with Gasteiger partial charge in [0.1, 0.15) is 5.39 Å². The van der Waals surface area contributed by atoms with Crippen LogP contribution in [0.1, 0.15) is 13.3 Å². The minimum atomic E-state index is -0.418. The fraction of sp³-hybridized carbons (Fsp3) is 0.353. The Kier molecular flexibility index (Phi) is 3.57. The predicted octanol–water partition coefficient (Wildman–Crippen LogP) is 1.32. The summed E-state index contributed by atoms with van der Waals surface area (Å²) < 4.78 is 1.66. The normalized spacial score (nSPS) is 21.3. The van der Waals surface area contributed by atoms with Crippen LogP contribution >= 0.6 is 0 Å². The fourth-order valence-corrected chi connectivity index (χ4v) is 3.06. The van der Waals surface area contributed by atoms with E-state index in [1.165, 1.54) is 6.20 Å². The summed E-state index contributed by atoms with van der Waals surface area (Å²) in [6, 6.07) is 9.60. The number of rotatable bonds is 2. The molecule has 1 aliphatic heterocycles. The summed E-state index contributed by atoms with van der Waals surface area (Å²) in [7, 11) is 0. The van der Waals surface area contributed by atoms with Crippen molar-refractivity contribution >= 4 is 17.0 Å². The summed E-state index contributed by atoms with van der Waals surface area (Å²) in [5, 5.41) is 14.9. The van der Waals surface area contributed by atoms with Crippen LogP contribution in [0.15, 0.2) is 41.3 Å². The highest BCUT2D eigenvalue weighted by Gasteiger charge is 2.26. The molecule has 7 heteroatoms. The van der Waals surface area contributed by atoms with Gasteiger partial charge in [-0.15, -0.1) is 0 Å². The van der Waals surface area contributed by atoms with Crippen LogP contribution in [0, 0.1) is 5.92 Å². The summed E-state index contributed by atoms with van der Waals surface area (Å²) in [4.78, 5) is 21.7. The van der Waals surface area contributed by atoms with Gasteiger partial charge in [-0.2, -0.15) is 10.1 Å². The highest BCUT2D eigenvalue weighted by atomic mass is 16.3. The monoisotopic (exact) mass is 325 g/mol. The largest absolute Gasteiger partial charge is 0.391 e. The summed E-state index contributed by atoms with van der Waals surface area (Å²) in [5.41, 5.74) is 1.15. The lowest BCUT2D eigenvalue weighted by Gasteiger charge is -2.34. The van der Waals surface area contributed by atoms with Crippen LogP contribution in [0.25, 0.3) is 16.7 Å². The Bertz CT molecular complexity index is 918. The standard InChI is InChI=1S/C17H19N5O2/c1-11-7-8-21(10-14(11)23)17-19-15-13(16(24)20-17)9-18-22(15)12-5-3-2-4-6-12/h2-6,9,11,14,23H,7-8,10H2,1H3,(H,19,20,24). The molecule has 0 saturated carbocycles. The number of β-amino-alcohol motifs (C(OH)–C–C–N with tert-alkyl or cyclic N) is 1. The van der Waals surface area contributed by atoms with Gasteiger partial charge in [-0.25, -0.2) is 4.68 Å². The summed E-state index contributed by atoms with van der Waals surface area (Å²) in [6.45, 7) is 3.26. The second kappa shape index (κ2) is 5.76. The van der Waals surface area contributed by atoms with Gasteiger partial charge >= 0.3 is 0 Å². The topological polar surface area (TPSA) is 87.0 Å². The lowest BCUT2D eigenvalue weighted by atomic mass is 9.96. The molecule has 0 spiro atoms. The van der Waals surface area contributed by atoms with Gasteiger partial charge in [-0.05, 0) is 24.5 Å². The summed E-state index contributed by atoms with van der Waals surface area (Å²) in [6.07, 6.45) is 1.98. The van der Waals surface area contributed by atoms with E-state index < -0.39 is 6.10 Å². The number of aromatic amines is 1. The van der Waals surface area contributed by atoms with Gasteiger partial charge in [0.25, 0.3) is 5.56 Å². The molecule has 124 valence electrons. The smallest absolute Gasteiger partial charge is 0.263 e. The lowest BCUT2D eigenvalue weighted by molar-refractivity contribution is 0.102. The minimum Gasteiger partial charge on any atom is -0.391 e. The van der Waals surface area contributed by atoms with Crippen LogP contribution in [0.2, 0.25) is 0 Å². The molecule has 24 heavy (non-hydrogen) atoms. The highest BCUT2D eigenvalue weighted by molar-refractivity contribution is 5.76. The number of nitrogens with zero attached hydrogens (tertiary/aromatic N) is 4. The molecular weight excluding hydrogens is 306 g/mol. The van der Waals surface area contributed by atoms with E-state index >= 15 is 0 Å². The Morgan fingerprint density at radius 2 is 2.08 bits per heavy atom. The van der Waals surface area contributed by atoms with Crippen molar-refractivity contribution in [2.24, 2.45) is 5.92 Å². The van der Waals surface area contributed by atoms with E-state index in [-0.39, 0.29) is 11.5 Å². The van der Waals surface area contributed by atoms with Crippen molar-refractivity contribution in [3.8, 4) is 5.69 Å². The van der Waals surface area contributed by atoms with E-state index in [2.05, 4.69) is 15.1 Å². The number of para-hydroxylation sites is 1. The Balaban J connectivity index is 1.80. The van der Waals surface area contributed by atoms with Crippen molar-refractivity contribution < 1.29 is 5.11 Å². The average Bonchev–Trinajstić information content (AvgIpc) is 3.02. The molecule has 1 fully saturated rings. The Labute approximate surface area is 138 Å². The van der Waals surface area contributed by atoms with Gasteiger partial charge in [0.05, 0.1) is 18.0 Å². The van der Waals surface area contributed by atoms with E-state index in [1.54, 1.807) is 4.68 Å². The third-order valence-corrected chi connectivity index (χ3v) is 4.64. The quantitative estimate of drug-likeness (QED) is 0.742. The second-order valence-electron chi connectivity index (χ2n) is 6.30. The fourth-order valence-electron chi connectivity index (χ4n) is 3.06. The Hall–Kier alpha value is -2.67. The molecule has 2 unspecified atom stereocenters. The molecule has 2 atom stereocenters. The number of benzene rings is 1. The second-order valence-corrected chi connectivity index (χ2v) is 6.30. The molecule has 0 aliphatic carbocycles. The molecule has 2 N–H and O–H groups in total. The third kappa shape index (κ3) is 2.46. The van der Waals surface area contributed by atoms with Crippen LogP contribution < -0.4 is 10.5 Å². The maximum atomic E-state index is 12.4. The summed E-state index contributed by atoms with van der Waals surface area (Å²) in [5.74, 6) is 0.739. The number of nitrogens with one attached hydrogen (secondary N) is 1. The molecule has 0 radical (unpaired) electrons. The van der Waals surface area contributed by atoms with Gasteiger partial charge in [0.2, 0.25) is 5.95 Å². The molecule has 1 aromatic carbocycles. The molecule has 0 amide bonds. The van der Waals surface area contributed by atoms with E-state index in [0.717, 1.165) is 18.7 Å². The van der Waals surface area contributed by atoms with Crippen molar-refractivity contribution in [2.45, 2.75) is 19.4 Å². The van der Waals surface area contributed by atoms with Crippen molar-refractivity contribution in [1.29, 1.82) is 0 Å². The molecule has 3 aromatic rings. The van der Waals surface area contributed by atoms with Crippen molar-refractivity contribution in [3.63, 3.8) is 0 Å². The maximum Gasteiger partial charge on any atom is 0.263 e. The number of aromatic nitrogens is 4. The molecular formula is C17H19N5O2. The molecule has 1 saturated heterocycles. The number of H-pyrrole nitrogens is 1. The molecule has 0 bridgehead atoms. The minimum absolute atomic E-state index is 0.217. The van der Waals surface area contributed by atoms with Crippen molar-refractivity contribution in [1.82, 2.24) is 19.7 Å². The average molecular weight is 325 g/mol. The SMILES string of the molecule is CC1CCN(c2nc3c(cnn3-c3ccccc3)c(=O)[nH]2)CC1O. The first-order valence-corrected chi connectivity index (χ1v) is 8.10. The first kappa shape index (κ1) is 14.9. The van der Waals surface area contributed by atoms with Gasteiger partial charge < -0.3 is 10.0 Å². The maximum absolute atomic E-state index is 12.4. The van der Waals surface area contributed by atoms with Gasteiger partial charge in [0, 0.05) is 13.1 Å². The molecule has 7 nitrogen and oxygen atoms in total. The first-order chi connectivity index (χ1) is 11.6. The van der Waals surface area contributed by atoms with Crippen molar-refractivity contribution in [2.75, 3.05) is 18.0 Å². The molecule has 1 aliphatic rings. The van der Waals surface area contributed by atoms with Gasteiger partial charge in [-0.1, -0.05) is 25.1 Å². The number of hydrogen-bond acceptors (Lipinski definition) is 5. The number of fused-ring (bicyclic) bond motifs is 1. The first-order valence-electron chi connectivity index (χ1n) is 8.10. The number of hydrogen-bond donors (Lipinski definition) is 2. The predicted molar refractivity (Wildman–Crippen MR) is 91.5 cm³/mol. The number of piperidine rings is 1. The molecule has 4 rings (SSSR count). The Morgan fingerprint density at radius 1 is 1.29 bits per heavy atom. The summed E-state index contributed by atoms with van der Waals surface area (Å²) >= 11 is 0. The molecule has 2 aromatic heterocycles. The number of aliphatic hydroxyl groups is 1. The van der Waals surface area contributed by atoms with E-state index in [4.69, 9.17) is 0 Å². The van der Waals surface area contributed by atoms with E-state index in [0.29, 0.717) is 23.5 Å². The van der Waals surface area contributed by atoms with Crippen LogP contribution in [0.4, 0.5) is 5.95 Å². The van der Waals surface area contributed by atoms with Crippen LogP contribution in [-0.4, -0.2) is 44.0 Å². The number of anilines is 1. The van der Waals surface area contributed by atoms with Crippen LogP contribution in [0.5, 0.6) is 0 Å². The zero-order valence-corrected chi connectivity index (χ0v) is 13.4. The zero-order chi connectivity index (χ0) is 16.7. The van der Waals surface area contributed by atoms with Crippen molar-refractivity contribution in [3.05, 3.63) is 46.9 Å². The lowest BCUT2D eigenvalue weighted by Crippen LogP contribution is -2.44. The Morgan fingerprint density at radius 3 is 2.83 bits per heavy atom. The third-order valence-electron chi connectivity index (χ3n) is 4.64. The van der Waals surface area contributed by atoms with Crippen LogP contribution in [0.3, 0.4) is 0 Å². The van der Waals surface area contributed by atoms with Gasteiger partial charge in [0.15, 0.2) is 5.65 Å².